The summed E-state index contributed by atoms with van der Waals surface area (Å²) in [7, 11) is 0. The van der Waals surface area contributed by atoms with Crippen molar-refractivity contribution < 1.29 is 0 Å². The third kappa shape index (κ3) is 2.51. The lowest BCUT2D eigenvalue weighted by molar-refractivity contribution is 0.370. The second-order valence-corrected chi connectivity index (χ2v) is 3.99. The second kappa shape index (κ2) is 4.51. The molecular formula is C11H17N3. The number of hydrogen-bond acceptors (Lipinski definition) is 3. The van der Waals surface area contributed by atoms with Gasteiger partial charge in [0, 0.05) is 11.9 Å². The monoisotopic (exact) mass is 191 g/mol. The lowest BCUT2D eigenvalue weighted by Crippen LogP contribution is -2.28. The van der Waals surface area contributed by atoms with E-state index in [0.717, 1.165) is 31.3 Å². The largest absolute Gasteiger partial charge is 0.317 e. The summed E-state index contributed by atoms with van der Waals surface area (Å²) in [6.07, 6.45) is 5.54. The van der Waals surface area contributed by atoms with Gasteiger partial charge in [-0.2, -0.15) is 0 Å². The smallest absolute Gasteiger partial charge is 0.125 e. The van der Waals surface area contributed by atoms with E-state index in [0.29, 0.717) is 0 Å². The van der Waals surface area contributed by atoms with Crippen LogP contribution < -0.4 is 5.32 Å². The Labute approximate surface area is 85.0 Å². The van der Waals surface area contributed by atoms with Crippen LogP contribution in [0.25, 0.3) is 0 Å². The molecule has 0 spiro atoms. The van der Waals surface area contributed by atoms with Crippen LogP contribution in [-0.2, 0) is 6.42 Å². The minimum absolute atomic E-state index is 0.811. The number of aryl methyl sites for hydroxylation is 1. The molecule has 2 rings (SSSR count). The molecule has 1 aliphatic rings. The first-order chi connectivity index (χ1) is 6.84. The lowest BCUT2D eigenvalue weighted by atomic mass is 9.93. The Morgan fingerprint density at radius 2 is 2.21 bits per heavy atom. The van der Waals surface area contributed by atoms with Crippen molar-refractivity contribution in [1.82, 2.24) is 15.3 Å². The van der Waals surface area contributed by atoms with Crippen molar-refractivity contribution in [2.24, 2.45) is 5.92 Å². The highest BCUT2D eigenvalue weighted by molar-refractivity contribution is 5.02. The van der Waals surface area contributed by atoms with E-state index >= 15 is 0 Å². The van der Waals surface area contributed by atoms with E-state index in [-0.39, 0.29) is 0 Å². The quantitative estimate of drug-likeness (QED) is 0.766. The molecule has 0 aliphatic carbocycles. The van der Waals surface area contributed by atoms with Crippen molar-refractivity contribution in [1.29, 1.82) is 0 Å². The molecule has 0 saturated carbocycles. The van der Waals surface area contributed by atoms with Crippen molar-refractivity contribution in [3.8, 4) is 0 Å². The van der Waals surface area contributed by atoms with Crippen LogP contribution in [0.1, 0.15) is 24.4 Å². The van der Waals surface area contributed by atoms with Crippen LogP contribution >= 0.6 is 0 Å². The first-order valence-electron chi connectivity index (χ1n) is 5.34. The minimum Gasteiger partial charge on any atom is -0.317 e. The van der Waals surface area contributed by atoms with Crippen LogP contribution in [0.15, 0.2) is 12.3 Å². The van der Waals surface area contributed by atoms with Gasteiger partial charge in [-0.05, 0) is 51.3 Å². The summed E-state index contributed by atoms with van der Waals surface area (Å²) >= 11 is 0. The molecule has 1 aromatic rings. The SMILES string of the molecule is Cc1nccc(CC2CCNCC2)n1. The summed E-state index contributed by atoms with van der Waals surface area (Å²) in [5.74, 6) is 1.70. The number of piperidine rings is 1. The molecule has 1 N–H and O–H groups in total. The Morgan fingerprint density at radius 3 is 2.93 bits per heavy atom. The van der Waals surface area contributed by atoms with Gasteiger partial charge in [0.1, 0.15) is 5.82 Å². The van der Waals surface area contributed by atoms with Gasteiger partial charge in [0.05, 0.1) is 0 Å². The Bertz CT molecular complexity index is 292. The van der Waals surface area contributed by atoms with E-state index < -0.39 is 0 Å². The molecule has 14 heavy (non-hydrogen) atoms. The average molecular weight is 191 g/mol. The molecule has 0 atom stereocenters. The summed E-state index contributed by atoms with van der Waals surface area (Å²) in [5.41, 5.74) is 1.20. The topological polar surface area (TPSA) is 37.8 Å². The molecule has 0 amide bonds. The molecule has 1 aliphatic heterocycles. The molecule has 1 aromatic heterocycles. The van der Waals surface area contributed by atoms with Crippen molar-refractivity contribution in [2.45, 2.75) is 26.2 Å². The molecule has 1 saturated heterocycles. The average Bonchev–Trinajstić information content (AvgIpc) is 2.19. The Kier molecular flexibility index (Phi) is 3.09. The third-order valence-electron chi connectivity index (χ3n) is 2.79. The van der Waals surface area contributed by atoms with Crippen molar-refractivity contribution in [3.63, 3.8) is 0 Å². The van der Waals surface area contributed by atoms with Crippen LogP contribution in [-0.4, -0.2) is 23.1 Å². The number of nitrogens with zero attached hydrogens (tertiary/aromatic N) is 2. The molecule has 76 valence electrons. The van der Waals surface area contributed by atoms with E-state index in [4.69, 9.17) is 0 Å². The van der Waals surface area contributed by atoms with E-state index in [9.17, 15) is 0 Å². The highest BCUT2D eigenvalue weighted by atomic mass is 14.9. The maximum Gasteiger partial charge on any atom is 0.125 e. The molecule has 0 radical (unpaired) electrons. The molecule has 3 nitrogen and oxygen atoms in total. The zero-order chi connectivity index (χ0) is 9.80. The number of hydrogen-bond donors (Lipinski definition) is 1. The van der Waals surface area contributed by atoms with Gasteiger partial charge in [0.2, 0.25) is 0 Å². The number of rotatable bonds is 2. The zero-order valence-corrected chi connectivity index (χ0v) is 8.66. The van der Waals surface area contributed by atoms with Gasteiger partial charge in [-0.1, -0.05) is 0 Å². The van der Waals surface area contributed by atoms with Gasteiger partial charge in [-0.25, -0.2) is 9.97 Å². The van der Waals surface area contributed by atoms with Gasteiger partial charge in [0.25, 0.3) is 0 Å². The van der Waals surface area contributed by atoms with Crippen LogP contribution in [0.2, 0.25) is 0 Å². The maximum atomic E-state index is 4.44. The lowest BCUT2D eigenvalue weighted by Gasteiger charge is -2.22. The summed E-state index contributed by atoms with van der Waals surface area (Å²) < 4.78 is 0. The van der Waals surface area contributed by atoms with Crippen molar-refractivity contribution >= 4 is 0 Å². The van der Waals surface area contributed by atoms with Crippen LogP contribution in [0, 0.1) is 12.8 Å². The van der Waals surface area contributed by atoms with Gasteiger partial charge in [-0.3, -0.25) is 0 Å². The predicted molar refractivity (Wildman–Crippen MR) is 56.1 cm³/mol. The van der Waals surface area contributed by atoms with E-state index in [1.165, 1.54) is 18.5 Å². The van der Waals surface area contributed by atoms with Gasteiger partial charge < -0.3 is 5.32 Å². The Hall–Kier alpha value is -0.960. The number of aromatic nitrogens is 2. The highest BCUT2D eigenvalue weighted by Crippen LogP contribution is 2.16. The molecule has 1 fully saturated rings. The van der Waals surface area contributed by atoms with Crippen LogP contribution in [0.4, 0.5) is 0 Å². The predicted octanol–water partition coefficient (Wildman–Crippen LogP) is 1.33. The fraction of sp³-hybridized carbons (Fsp3) is 0.636. The summed E-state index contributed by atoms with van der Waals surface area (Å²) in [6, 6.07) is 2.04. The molecule has 0 bridgehead atoms. The fourth-order valence-electron chi connectivity index (χ4n) is 2.00. The normalized spacial score (nSPS) is 18.4. The molecule has 0 aromatic carbocycles. The zero-order valence-electron chi connectivity index (χ0n) is 8.66. The standard InChI is InChI=1S/C11H17N3/c1-9-13-7-4-11(14-9)8-10-2-5-12-6-3-10/h4,7,10,12H,2-3,5-6,8H2,1H3. The fourth-order valence-corrected chi connectivity index (χ4v) is 2.00. The summed E-state index contributed by atoms with van der Waals surface area (Å²) in [4.78, 5) is 8.55. The van der Waals surface area contributed by atoms with Crippen molar-refractivity contribution in [3.05, 3.63) is 23.8 Å². The van der Waals surface area contributed by atoms with Gasteiger partial charge in [0.15, 0.2) is 0 Å². The first-order valence-corrected chi connectivity index (χ1v) is 5.34. The molecule has 3 heteroatoms. The maximum absolute atomic E-state index is 4.44. The van der Waals surface area contributed by atoms with Crippen molar-refractivity contribution in [2.75, 3.05) is 13.1 Å². The van der Waals surface area contributed by atoms with E-state index in [1.54, 1.807) is 0 Å². The molecular weight excluding hydrogens is 174 g/mol. The number of nitrogens with one attached hydrogen (secondary N) is 1. The summed E-state index contributed by atoms with van der Waals surface area (Å²) in [5, 5.41) is 3.38. The Morgan fingerprint density at radius 1 is 1.43 bits per heavy atom. The van der Waals surface area contributed by atoms with Gasteiger partial charge in [-0.15, -0.1) is 0 Å². The van der Waals surface area contributed by atoms with Crippen LogP contribution in [0.3, 0.4) is 0 Å². The molecule has 0 unspecified atom stereocenters. The third-order valence-corrected chi connectivity index (χ3v) is 2.79. The molecule has 2 heterocycles. The summed E-state index contributed by atoms with van der Waals surface area (Å²) in [6.45, 7) is 4.27. The second-order valence-electron chi connectivity index (χ2n) is 3.99. The van der Waals surface area contributed by atoms with E-state index in [2.05, 4.69) is 15.3 Å². The first kappa shape index (κ1) is 9.59. The van der Waals surface area contributed by atoms with E-state index in [1.807, 2.05) is 19.2 Å². The Balaban J connectivity index is 1.95. The highest BCUT2D eigenvalue weighted by Gasteiger charge is 2.13. The van der Waals surface area contributed by atoms with Gasteiger partial charge >= 0.3 is 0 Å². The minimum atomic E-state index is 0.811. The van der Waals surface area contributed by atoms with Crippen LogP contribution in [0.5, 0.6) is 0 Å².